The number of tetrazole rings is 1. The molecule has 1 aromatic heterocycles. The third-order valence-corrected chi connectivity index (χ3v) is 3.15. The van der Waals surface area contributed by atoms with Crippen molar-refractivity contribution in [3.8, 4) is 0 Å². The van der Waals surface area contributed by atoms with E-state index in [1.54, 1.807) is 11.7 Å². The molecule has 1 aromatic rings. The number of carboxylic acids is 1. The van der Waals surface area contributed by atoms with Gasteiger partial charge in [-0.15, -0.1) is 5.10 Å². The molecule has 18 heavy (non-hydrogen) atoms. The molecule has 0 unspecified atom stereocenters. The minimum absolute atomic E-state index is 0.162. The van der Waals surface area contributed by atoms with E-state index in [9.17, 15) is 9.90 Å². The Morgan fingerprint density at radius 1 is 1.33 bits per heavy atom. The number of hydrogen-bond donors (Lipinski definition) is 1. The quantitative estimate of drug-likeness (QED) is 0.835. The van der Waals surface area contributed by atoms with Crippen LogP contribution in [0.5, 0.6) is 0 Å². The molecule has 0 radical (unpaired) electrons. The Morgan fingerprint density at radius 3 is 2.28 bits per heavy atom. The number of rotatable bonds is 6. The molecule has 6 nitrogen and oxygen atoms in total. The Hall–Kier alpha value is -1.46. The molecule has 0 spiro atoms. The van der Waals surface area contributed by atoms with Crippen molar-refractivity contribution in [2.75, 3.05) is 0 Å². The van der Waals surface area contributed by atoms with Gasteiger partial charge in [-0.05, 0) is 28.7 Å². The van der Waals surface area contributed by atoms with Crippen molar-refractivity contribution in [2.45, 2.75) is 40.0 Å². The number of carbonyl (C=O) groups is 1. The van der Waals surface area contributed by atoms with Crippen LogP contribution in [0.25, 0.3) is 0 Å². The van der Waals surface area contributed by atoms with Crippen LogP contribution in [0.4, 0.5) is 0 Å². The molecule has 0 fully saturated rings. The molecule has 1 heterocycles. The maximum atomic E-state index is 11.5. The van der Waals surface area contributed by atoms with Gasteiger partial charge in [-0.2, -0.15) is 0 Å². The van der Waals surface area contributed by atoms with Gasteiger partial charge in [0.1, 0.15) is 0 Å². The Morgan fingerprint density at radius 2 is 1.94 bits per heavy atom. The predicted octanol–water partition coefficient (Wildman–Crippen LogP) is 1.70. The Labute approximate surface area is 107 Å². The van der Waals surface area contributed by atoms with Crippen molar-refractivity contribution < 1.29 is 9.90 Å². The van der Waals surface area contributed by atoms with E-state index >= 15 is 0 Å². The number of aromatic nitrogens is 4. The standard InChI is InChI=1S/C12H22N4O2/c1-7(2)6-9(12(17)18)10(8(3)4)11-13-14-15-16(11)5/h7-10H,6H2,1-5H3,(H,17,18)/t9-,10-/m1/s1. The monoisotopic (exact) mass is 254 g/mol. The number of hydrogen-bond acceptors (Lipinski definition) is 4. The fourth-order valence-corrected chi connectivity index (χ4v) is 2.37. The van der Waals surface area contributed by atoms with Gasteiger partial charge in [-0.1, -0.05) is 27.7 Å². The highest BCUT2D eigenvalue weighted by Crippen LogP contribution is 2.34. The fraction of sp³-hybridized carbons (Fsp3) is 0.833. The largest absolute Gasteiger partial charge is 0.481 e. The zero-order chi connectivity index (χ0) is 13.9. The SMILES string of the molecule is CC(C)C[C@@H](C(=O)O)[C@H](c1nnnn1C)C(C)C. The summed E-state index contributed by atoms with van der Waals surface area (Å²) in [5.74, 6) is -0.230. The second kappa shape index (κ2) is 5.93. The summed E-state index contributed by atoms with van der Waals surface area (Å²) in [4.78, 5) is 11.5. The summed E-state index contributed by atoms with van der Waals surface area (Å²) in [7, 11) is 1.75. The number of aliphatic carboxylic acids is 1. The van der Waals surface area contributed by atoms with Crippen LogP contribution in [0.1, 0.15) is 45.9 Å². The van der Waals surface area contributed by atoms with Crippen LogP contribution in [0.3, 0.4) is 0 Å². The van der Waals surface area contributed by atoms with Crippen molar-refractivity contribution in [2.24, 2.45) is 24.8 Å². The second-order valence-corrected chi connectivity index (χ2v) is 5.50. The van der Waals surface area contributed by atoms with E-state index in [4.69, 9.17) is 0 Å². The summed E-state index contributed by atoms with van der Waals surface area (Å²) in [6.07, 6.45) is 0.630. The van der Waals surface area contributed by atoms with Crippen molar-refractivity contribution in [1.29, 1.82) is 0 Å². The normalized spacial score (nSPS) is 15.1. The first-order chi connectivity index (χ1) is 8.34. The van der Waals surface area contributed by atoms with Gasteiger partial charge in [0.05, 0.1) is 5.92 Å². The van der Waals surface area contributed by atoms with Gasteiger partial charge in [-0.25, -0.2) is 4.68 Å². The van der Waals surface area contributed by atoms with Crippen LogP contribution in [-0.4, -0.2) is 31.3 Å². The summed E-state index contributed by atoms with van der Waals surface area (Å²) < 4.78 is 1.57. The fourth-order valence-electron chi connectivity index (χ4n) is 2.37. The predicted molar refractivity (Wildman–Crippen MR) is 67.0 cm³/mol. The maximum Gasteiger partial charge on any atom is 0.307 e. The molecule has 1 N–H and O–H groups in total. The van der Waals surface area contributed by atoms with Crippen LogP contribution >= 0.6 is 0 Å². The lowest BCUT2D eigenvalue weighted by atomic mass is 9.78. The highest BCUT2D eigenvalue weighted by atomic mass is 16.4. The minimum Gasteiger partial charge on any atom is -0.481 e. The topological polar surface area (TPSA) is 80.9 Å². The molecular weight excluding hydrogens is 232 g/mol. The molecule has 102 valence electrons. The zero-order valence-corrected chi connectivity index (χ0v) is 11.7. The average molecular weight is 254 g/mol. The molecule has 0 aromatic carbocycles. The van der Waals surface area contributed by atoms with Crippen LogP contribution < -0.4 is 0 Å². The molecule has 0 bridgehead atoms. The molecule has 0 amide bonds. The van der Waals surface area contributed by atoms with Gasteiger partial charge < -0.3 is 5.11 Å². The van der Waals surface area contributed by atoms with Crippen molar-refractivity contribution in [3.05, 3.63) is 5.82 Å². The molecule has 6 heteroatoms. The van der Waals surface area contributed by atoms with E-state index in [1.807, 2.05) is 27.7 Å². The van der Waals surface area contributed by atoms with Gasteiger partial charge in [0.25, 0.3) is 0 Å². The summed E-state index contributed by atoms with van der Waals surface area (Å²) in [6, 6.07) is 0. The number of nitrogens with zero attached hydrogens (tertiary/aromatic N) is 4. The summed E-state index contributed by atoms with van der Waals surface area (Å²) in [6.45, 7) is 8.08. The lowest BCUT2D eigenvalue weighted by Gasteiger charge is -2.27. The summed E-state index contributed by atoms with van der Waals surface area (Å²) in [5, 5.41) is 20.9. The molecule has 1 rings (SSSR count). The molecule has 0 aliphatic heterocycles. The number of aryl methyl sites for hydroxylation is 1. The summed E-state index contributed by atoms with van der Waals surface area (Å²) in [5.41, 5.74) is 0. The Balaban J connectivity index is 3.09. The van der Waals surface area contributed by atoms with Crippen LogP contribution in [-0.2, 0) is 11.8 Å². The first kappa shape index (κ1) is 14.6. The van der Waals surface area contributed by atoms with Crippen molar-refractivity contribution >= 4 is 5.97 Å². The first-order valence-corrected chi connectivity index (χ1v) is 6.29. The highest BCUT2D eigenvalue weighted by molar-refractivity contribution is 5.71. The van der Waals surface area contributed by atoms with Gasteiger partial charge in [-0.3, -0.25) is 4.79 Å². The van der Waals surface area contributed by atoms with E-state index in [-0.39, 0.29) is 11.8 Å². The van der Waals surface area contributed by atoms with Gasteiger partial charge in [0.2, 0.25) is 0 Å². The average Bonchev–Trinajstić information content (AvgIpc) is 2.62. The second-order valence-electron chi connectivity index (χ2n) is 5.50. The smallest absolute Gasteiger partial charge is 0.307 e. The molecule has 0 saturated carbocycles. The Bertz CT molecular complexity index is 401. The van der Waals surface area contributed by atoms with E-state index in [0.29, 0.717) is 18.2 Å². The van der Waals surface area contributed by atoms with Gasteiger partial charge >= 0.3 is 5.97 Å². The molecule has 2 atom stereocenters. The van der Waals surface area contributed by atoms with E-state index in [0.717, 1.165) is 0 Å². The maximum absolute atomic E-state index is 11.5. The van der Waals surface area contributed by atoms with Crippen LogP contribution in [0, 0.1) is 17.8 Å². The molecule has 0 saturated heterocycles. The zero-order valence-electron chi connectivity index (χ0n) is 11.7. The van der Waals surface area contributed by atoms with Crippen molar-refractivity contribution in [1.82, 2.24) is 20.2 Å². The molecular formula is C12H22N4O2. The number of carboxylic acid groups (broad SMARTS) is 1. The lowest BCUT2D eigenvalue weighted by Crippen LogP contribution is -2.29. The lowest BCUT2D eigenvalue weighted by molar-refractivity contribution is -0.143. The van der Waals surface area contributed by atoms with Crippen molar-refractivity contribution in [3.63, 3.8) is 0 Å². The van der Waals surface area contributed by atoms with E-state index in [1.165, 1.54) is 0 Å². The van der Waals surface area contributed by atoms with E-state index < -0.39 is 11.9 Å². The first-order valence-electron chi connectivity index (χ1n) is 6.29. The van der Waals surface area contributed by atoms with E-state index in [2.05, 4.69) is 15.5 Å². The van der Waals surface area contributed by atoms with Crippen LogP contribution in [0.15, 0.2) is 0 Å². The highest BCUT2D eigenvalue weighted by Gasteiger charge is 2.35. The molecule has 0 aliphatic rings. The van der Waals surface area contributed by atoms with Gasteiger partial charge in [0, 0.05) is 13.0 Å². The summed E-state index contributed by atoms with van der Waals surface area (Å²) >= 11 is 0. The molecule has 0 aliphatic carbocycles. The third-order valence-electron chi connectivity index (χ3n) is 3.15. The van der Waals surface area contributed by atoms with Gasteiger partial charge in [0.15, 0.2) is 5.82 Å². The third kappa shape index (κ3) is 3.27. The van der Waals surface area contributed by atoms with Crippen LogP contribution in [0.2, 0.25) is 0 Å². The minimum atomic E-state index is -0.773. The Kier molecular flexibility index (Phi) is 4.81.